The monoisotopic (exact) mass is 587 g/mol. The first-order valence-electron chi connectivity index (χ1n) is 10.7. The molecule has 2 aromatic rings. The van der Waals surface area contributed by atoms with Crippen molar-refractivity contribution in [1.29, 1.82) is 0 Å². The van der Waals surface area contributed by atoms with Gasteiger partial charge in [-0.05, 0) is 43.0 Å². The van der Waals surface area contributed by atoms with E-state index in [1.54, 1.807) is 17.6 Å². The molecule has 3 heterocycles. The van der Waals surface area contributed by atoms with Crippen molar-refractivity contribution >= 4 is 35.2 Å². The molecular weight excluding hydrogens is 564 g/mol. The standard InChI is InChI=1S/C18H21N3O3S.2C2HF3O2/c1-20(11-13-3-2-6-19-10-13)15-4-7-21(16(9-15)18(23)24)17(22)14-5-8-25-12-14;2*3-2(4,5)1(6)7/h2-3,5-6,8,10,12,15-16H,4,7,9,11H2,1H3,(H,23,24);2*(H,6,7). The first-order valence-corrected chi connectivity index (χ1v) is 11.6. The minimum Gasteiger partial charge on any atom is -0.480 e. The lowest BCUT2D eigenvalue weighted by Gasteiger charge is -2.40. The Morgan fingerprint density at radius 2 is 1.62 bits per heavy atom. The van der Waals surface area contributed by atoms with Crippen LogP contribution < -0.4 is 0 Å². The number of piperidine rings is 1. The molecule has 0 bridgehead atoms. The Bertz CT molecular complexity index is 1070. The van der Waals surface area contributed by atoms with Crippen LogP contribution in [-0.4, -0.2) is 91.9 Å². The highest BCUT2D eigenvalue weighted by Gasteiger charge is 2.39. The van der Waals surface area contributed by atoms with E-state index in [0.717, 1.165) is 12.0 Å². The van der Waals surface area contributed by atoms with Gasteiger partial charge in [-0.1, -0.05) is 6.07 Å². The number of nitrogens with zero attached hydrogens (tertiary/aromatic N) is 3. The third kappa shape index (κ3) is 11.3. The van der Waals surface area contributed by atoms with Crippen molar-refractivity contribution in [2.75, 3.05) is 13.6 Å². The average molecular weight is 587 g/mol. The Morgan fingerprint density at radius 1 is 1.05 bits per heavy atom. The minimum absolute atomic E-state index is 0.118. The molecule has 2 atom stereocenters. The topological polar surface area (TPSA) is 148 Å². The fourth-order valence-electron chi connectivity index (χ4n) is 3.29. The van der Waals surface area contributed by atoms with Crippen LogP contribution in [0.15, 0.2) is 41.4 Å². The summed E-state index contributed by atoms with van der Waals surface area (Å²) in [6.45, 7) is 1.16. The summed E-state index contributed by atoms with van der Waals surface area (Å²) in [5, 5.41) is 27.5. The highest BCUT2D eigenvalue weighted by Crippen LogP contribution is 2.25. The predicted octanol–water partition coefficient (Wildman–Crippen LogP) is 3.60. The fraction of sp³-hybridized carbons (Fsp3) is 0.409. The van der Waals surface area contributed by atoms with Crippen LogP contribution in [0.2, 0.25) is 0 Å². The number of rotatable bonds is 5. The van der Waals surface area contributed by atoms with E-state index in [-0.39, 0.29) is 11.9 Å². The Balaban J connectivity index is 0.000000449. The number of pyridine rings is 1. The van der Waals surface area contributed by atoms with Gasteiger partial charge in [0.25, 0.3) is 5.91 Å². The van der Waals surface area contributed by atoms with Gasteiger partial charge >= 0.3 is 30.3 Å². The zero-order valence-corrected chi connectivity index (χ0v) is 20.8. The van der Waals surface area contributed by atoms with Crippen LogP contribution in [0.25, 0.3) is 0 Å². The van der Waals surface area contributed by atoms with E-state index >= 15 is 0 Å². The van der Waals surface area contributed by atoms with Gasteiger partial charge in [-0.15, -0.1) is 0 Å². The van der Waals surface area contributed by atoms with E-state index in [4.69, 9.17) is 19.8 Å². The van der Waals surface area contributed by atoms with Crippen molar-refractivity contribution in [1.82, 2.24) is 14.8 Å². The van der Waals surface area contributed by atoms with Crippen molar-refractivity contribution in [3.05, 3.63) is 52.5 Å². The van der Waals surface area contributed by atoms with Crippen LogP contribution in [0.1, 0.15) is 28.8 Å². The Morgan fingerprint density at radius 3 is 2.03 bits per heavy atom. The third-order valence-corrected chi connectivity index (χ3v) is 5.84. The molecule has 2 aromatic heterocycles. The molecule has 1 aliphatic rings. The van der Waals surface area contributed by atoms with Gasteiger partial charge in [-0.25, -0.2) is 14.4 Å². The minimum atomic E-state index is -5.08. The second-order valence-electron chi connectivity index (χ2n) is 7.93. The van der Waals surface area contributed by atoms with Crippen molar-refractivity contribution in [3.8, 4) is 0 Å². The molecule has 17 heteroatoms. The first-order chi connectivity index (χ1) is 17.9. The van der Waals surface area contributed by atoms with Crippen LogP contribution in [-0.2, 0) is 20.9 Å². The number of halogens is 6. The number of aliphatic carboxylic acids is 3. The molecule has 2 unspecified atom stereocenters. The molecule has 1 saturated heterocycles. The molecule has 0 spiro atoms. The number of likely N-dealkylation sites (tertiary alicyclic amines) is 1. The summed E-state index contributed by atoms with van der Waals surface area (Å²) in [7, 11) is 1.99. The molecule has 3 N–H and O–H groups in total. The van der Waals surface area contributed by atoms with Gasteiger partial charge in [0.2, 0.25) is 0 Å². The average Bonchev–Trinajstić information content (AvgIpc) is 3.38. The molecule has 0 radical (unpaired) electrons. The molecule has 10 nitrogen and oxygen atoms in total. The SMILES string of the molecule is CN(Cc1cccnc1)C1CCN(C(=O)c2ccsc2)C(C(=O)O)C1.O=C(O)C(F)(F)F.O=C(O)C(F)(F)F. The molecule has 1 amide bonds. The number of alkyl halides is 6. The first kappa shape index (κ1) is 33.3. The second-order valence-corrected chi connectivity index (χ2v) is 8.71. The summed E-state index contributed by atoms with van der Waals surface area (Å²) in [4.78, 5) is 49.9. The number of hydrogen-bond donors (Lipinski definition) is 3. The molecular formula is C22H23F6N3O7S. The maximum absolute atomic E-state index is 12.6. The number of carbonyl (C=O) groups is 4. The van der Waals surface area contributed by atoms with Crippen molar-refractivity contribution < 1.29 is 60.8 Å². The Kier molecular flexibility index (Phi) is 12.3. The Labute approximate surface area is 221 Å². The molecule has 0 saturated carbocycles. The van der Waals surface area contributed by atoms with Gasteiger partial charge in [0.1, 0.15) is 6.04 Å². The summed E-state index contributed by atoms with van der Waals surface area (Å²) in [6, 6.07) is 4.97. The molecule has 0 aromatic carbocycles. The summed E-state index contributed by atoms with van der Waals surface area (Å²) in [5.41, 5.74) is 1.66. The lowest BCUT2D eigenvalue weighted by molar-refractivity contribution is -0.193. The van der Waals surface area contributed by atoms with Gasteiger partial charge in [0.15, 0.2) is 0 Å². The van der Waals surface area contributed by atoms with Crippen molar-refractivity contribution in [3.63, 3.8) is 0 Å². The van der Waals surface area contributed by atoms with Crippen LogP contribution in [0, 0.1) is 0 Å². The Hall–Kier alpha value is -3.73. The number of thiophene rings is 1. The predicted molar refractivity (Wildman–Crippen MR) is 123 cm³/mol. The van der Waals surface area contributed by atoms with Crippen LogP contribution in [0.4, 0.5) is 26.3 Å². The smallest absolute Gasteiger partial charge is 0.480 e. The zero-order chi connectivity index (χ0) is 30.0. The molecule has 1 fully saturated rings. The number of carboxylic acids is 3. The fourth-order valence-corrected chi connectivity index (χ4v) is 3.91. The molecule has 0 aliphatic carbocycles. The summed E-state index contributed by atoms with van der Waals surface area (Å²) >= 11 is 1.44. The highest BCUT2D eigenvalue weighted by molar-refractivity contribution is 7.08. The number of amides is 1. The van der Waals surface area contributed by atoms with Crippen LogP contribution >= 0.6 is 11.3 Å². The van der Waals surface area contributed by atoms with Crippen LogP contribution in [0.5, 0.6) is 0 Å². The van der Waals surface area contributed by atoms with E-state index in [1.165, 1.54) is 16.2 Å². The van der Waals surface area contributed by atoms with Gasteiger partial charge in [0, 0.05) is 36.9 Å². The molecule has 3 rings (SSSR count). The second kappa shape index (κ2) is 14.4. The van der Waals surface area contributed by atoms with Crippen molar-refractivity contribution in [2.24, 2.45) is 0 Å². The van der Waals surface area contributed by atoms with E-state index < -0.39 is 36.3 Å². The zero-order valence-electron chi connectivity index (χ0n) is 20.0. The molecule has 1 aliphatic heterocycles. The van der Waals surface area contributed by atoms with E-state index in [0.29, 0.717) is 25.1 Å². The summed E-state index contributed by atoms with van der Waals surface area (Å²) in [5.74, 6) is -6.65. The maximum atomic E-state index is 12.6. The summed E-state index contributed by atoms with van der Waals surface area (Å²) in [6.07, 6.45) is -5.42. The summed E-state index contributed by atoms with van der Waals surface area (Å²) < 4.78 is 63.5. The van der Waals surface area contributed by atoms with E-state index in [2.05, 4.69) is 9.88 Å². The van der Waals surface area contributed by atoms with E-state index in [1.807, 2.05) is 30.8 Å². The number of carbonyl (C=O) groups excluding carboxylic acids is 1. The number of carboxylic acid groups (broad SMARTS) is 3. The lowest BCUT2D eigenvalue weighted by Crippen LogP contribution is -2.54. The van der Waals surface area contributed by atoms with Gasteiger partial charge in [0.05, 0.1) is 5.56 Å². The number of aromatic nitrogens is 1. The lowest BCUT2D eigenvalue weighted by atomic mass is 9.95. The largest absolute Gasteiger partial charge is 0.490 e. The molecule has 216 valence electrons. The van der Waals surface area contributed by atoms with Gasteiger partial charge < -0.3 is 20.2 Å². The normalized spacial score (nSPS) is 17.3. The van der Waals surface area contributed by atoms with Gasteiger partial charge in [-0.3, -0.25) is 14.7 Å². The number of hydrogen-bond acceptors (Lipinski definition) is 7. The highest BCUT2D eigenvalue weighted by atomic mass is 32.1. The maximum Gasteiger partial charge on any atom is 0.490 e. The quantitative estimate of drug-likeness (QED) is 0.446. The third-order valence-electron chi connectivity index (χ3n) is 5.15. The molecule has 39 heavy (non-hydrogen) atoms. The van der Waals surface area contributed by atoms with Crippen LogP contribution in [0.3, 0.4) is 0 Å². The van der Waals surface area contributed by atoms with Crippen molar-refractivity contribution in [2.45, 2.75) is 43.8 Å². The van der Waals surface area contributed by atoms with E-state index in [9.17, 15) is 41.0 Å². The van der Waals surface area contributed by atoms with Gasteiger partial charge in [-0.2, -0.15) is 37.7 Å².